The molecule has 0 saturated carbocycles. The number of aromatic nitrogens is 3. The highest BCUT2D eigenvalue weighted by Crippen LogP contribution is 2.15. The fourth-order valence-corrected chi connectivity index (χ4v) is 1.72. The number of nitrogens with two attached hydrogens (primary N) is 1. The Labute approximate surface area is 112 Å². The predicted octanol–water partition coefficient (Wildman–Crippen LogP) is 1.17. The minimum Gasteiger partial charge on any atom is -0.373 e. The van der Waals surface area contributed by atoms with Crippen LogP contribution in [0.4, 0.5) is 17.6 Å². The minimum absolute atomic E-state index is 0.270. The molecule has 0 aliphatic carbocycles. The normalized spacial score (nSPS) is 10.2. The third kappa shape index (κ3) is 3.54. The molecule has 0 aliphatic rings. The van der Waals surface area contributed by atoms with Gasteiger partial charge in [0.15, 0.2) is 0 Å². The summed E-state index contributed by atoms with van der Waals surface area (Å²) in [6, 6.07) is 7.79. The Balaban J connectivity index is 2.03. The van der Waals surface area contributed by atoms with Gasteiger partial charge in [-0.2, -0.15) is 9.97 Å². The largest absolute Gasteiger partial charge is 0.373 e. The number of anilines is 3. The Kier molecular flexibility index (Phi) is 4.12. The summed E-state index contributed by atoms with van der Waals surface area (Å²) < 4.78 is 0. The standard InChI is InChI=1S/C13H18N6/c1-15-11-9-12(18-13(14)17-11)19(2)8-6-10-5-3-4-7-16-10/h3-5,7,9H,6,8H2,1-2H3,(H3,14,15,17,18). The number of hydrogen-bond acceptors (Lipinski definition) is 6. The molecule has 0 aliphatic heterocycles. The van der Waals surface area contributed by atoms with Crippen LogP contribution in [0.2, 0.25) is 0 Å². The zero-order valence-electron chi connectivity index (χ0n) is 11.2. The number of nitrogens with zero attached hydrogens (tertiary/aromatic N) is 4. The van der Waals surface area contributed by atoms with Crippen molar-refractivity contribution in [1.29, 1.82) is 0 Å². The van der Waals surface area contributed by atoms with Gasteiger partial charge in [0.1, 0.15) is 11.6 Å². The van der Waals surface area contributed by atoms with E-state index in [0.29, 0.717) is 5.82 Å². The molecule has 6 nitrogen and oxygen atoms in total. The summed E-state index contributed by atoms with van der Waals surface area (Å²) in [4.78, 5) is 14.6. The number of nitrogens with one attached hydrogen (secondary N) is 1. The van der Waals surface area contributed by atoms with Crippen molar-refractivity contribution < 1.29 is 0 Å². The second-order valence-corrected chi connectivity index (χ2v) is 4.21. The highest BCUT2D eigenvalue weighted by molar-refractivity contribution is 5.51. The van der Waals surface area contributed by atoms with Gasteiger partial charge in [-0.1, -0.05) is 6.07 Å². The third-order valence-electron chi connectivity index (χ3n) is 2.81. The first kappa shape index (κ1) is 13.1. The zero-order valence-corrected chi connectivity index (χ0v) is 11.2. The lowest BCUT2D eigenvalue weighted by atomic mass is 10.2. The Hall–Kier alpha value is -2.37. The van der Waals surface area contributed by atoms with E-state index in [4.69, 9.17) is 5.73 Å². The van der Waals surface area contributed by atoms with E-state index in [1.54, 1.807) is 13.2 Å². The highest BCUT2D eigenvalue weighted by Gasteiger charge is 2.06. The molecule has 0 atom stereocenters. The van der Waals surface area contributed by atoms with Crippen LogP contribution in [0.25, 0.3) is 0 Å². The molecular formula is C13H18N6. The van der Waals surface area contributed by atoms with Gasteiger partial charge < -0.3 is 16.0 Å². The molecule has 0 spiro atoms. The molecule has 19 heavy (non-hydrogen) atoms. The number of hydrogen-bond donors (Lipinski definition) is 2. The third-order valence-corrected chi connectivity index (χ3v) is 2.81. The summed E-state index contributed by atoms with van der Waals surface area (Å²) in [6.45, 7) is 0.816. The molecule has 0 unspecified atom stereocenters. The molecular weight excluding hydrogens is 240 g/mol. The Morgan fingerprint density at radius 3 is 2.84 bits per heavy atom. The van der Waals surface area contributed by atoms with Gasteiger partial charge in [0.2, 0.25) is 5.95 Å². The van der Waals surface area contributed by atoms with Gasteiger partial charge in [0, 0.05) is 45.0 Å². The van der Waals surface area contributed by atoms with Gasteiger partial charge >= 0.3 is 0 Å². The number of pyridine rings is 1. The zero-order chi connectivity index (χ0) is 13.7. The summed E-state index contributed by atoms with van der Waals surface area (Å²) in [5, 5.41) is 2.97. The number of rotatable bonds is 5. The molecule has 2 aromatic rings. The first-order valence-electron chi connectivity index (χ1n) is 6.12. The van der Waals surface area contributed by atoms with E-state index in [2.05, 4.69) is 20.3 Å². The van der Waals surface area contributed by atoms with Crippen LogP contribution in [-0.4, -0.2) is 35.6 Å². The SMILES string of the molecule is CNc1cc(N(C)CCc2ccccn2)nc(N)n1. The first-order valence-corrected chi connectivity index (χ1v) is 6.12. The summed E-state index contributed by atoms with van der Waals surface area (Å²) in [7, 11) is 3.78. The lowest BCUT2D eigenvalue weighted by molar-refractivity contribution is 0.837. The topological polar surface area (TPSA) is 80.0 Å². The maximum atomic E-state index is 5.68. The van der Waals surface area contributed by atoms with Crippen molar-refractivity contribution >= 4 is 17.6 Å². The predicted molar refractivity (Wildman–Crippen MR) is 77.2 cm³/mol. The first-order chi connectivity index (χ1) is 9.19. The van der Waals surface area contributed by atoms with Crippen molar-refractivity contribution in [3.8, 4) is 0 Å². The summed E-state index contributed by atoms with van der Waals surface area (Å²) in [5.41, 5.74) is 6.74. The quantitative estimate of drug-likeness (QED) is 0.838. The second-order valence-electron chi connectivity index (χ2n) is 4.21. The molecule has 2 rings (SSSR count). The van der Waals surface area contributed by atoms with Crippen LogP contribution < -0.4 is 16.0 Å². The summed E-state index contributed by atoms with van der Waals surface area (Å²) in [6.07, 6.45) is 2.66. The molecule has 0 radical (unpaired) electrons. The van der Waals surface area contributed by atoms with Crippen molar-refractivity contribution in [2.24, 2.45) is 0 Å². The molecule has 0 aromatic carbocycles. The van der Waals surface area contributed by atoms with Crippen molar-refractivity contribution in [2.75, 3.05) is 36.6 Å². The van der Waals surface area contributed by atoms with Crippen molar-refractivity contribution in [3.05, 3.63) is 36.2 Å². The van der Waals surface area contributed by atoms with Crippen LogP contribution in [0, 0.1) is 0 Å². The van der Waals surface area contributed by atoms with E-state index in [9.17, 15) is 0 Å². The van der Waals surface area contributed by atoms with Crippen molar-refractivity contribution in [1.82, 2.24) is 15.0 Å². The van der Waals surface area contributed by atoms with Gasteiger partial charge in [-0.15, -0.1) is 0 Å². The molecule has 6 heteroatoms. The van der Waals surface area contributed by atoms with Crippen LogP contribution in [0.3, 0.4) is 0 Å². The van der Waals surface area contributed by atoms with Crippen LogP contribution in [-0.2, 0) is 6.42 Å². The minimum atomic E-state index is 0.270. The van der Waals surface area contributed by atoms with Gasteiger partial charge in [0.25, 0.3) is 0 Å². The molecule has 0 saturated heterocycles. The van der Waals surface area contributed by atoms with Crippen LogP contribution in [0.5, 0.6) is 0 Å². The maximum Gasteiger partial charge on any atom is 0.223 e. The molecule has 0 fully saturated rings. The van der Waals surface area contributed by atoms with E-state index in [1.165, 1.54) is 0 Å². The van der Waals surface area contributed by atoms with Crippen LogP contribution >= 0.6 is 0 Å². The van der Waals surface area contributed by atoms with E-state index >= 15 is 0 Å². The Morgan fingerprint density at radius 2 is 2.16 bits per heavy atom. The van der Waals surface area contributed by atoms with Crippen LogP contribution in [0.15, 0.2) is 30.5 Å². The average molecular weight is 258 g/mol. The summed E-state index contributed by atoms with van der Waals surface area (Å²) in [5.74, 6) is 1.78. The van der Waals surface area contributed by atoms with Crippen LogP contribution in [0.1, 0.15) is 5.69 Å². The lowest BCUT2D eigenvalue weighted by Gasteiger charge is -2.18. The van der Waals surface area contributed by atoms with Gasteiger partial charge in [-0.05, 0) is 12.1 Å². The fraction of sp³-hybridized carbons (Fsp3) is 0.308. The Morgan fingerprint density at radius 1 is 1.32 bits per heavy atom. The van der Waals surface area contributed by atoms with Gasteiger partial charge in [-0.3, -0.25) is 4.98 Å². The van der Waals surface area contributed by atoms with E-state index < -0.39 is 0 Å². The monoisotopic (exact) mass is 258 g/mol. The summed E-state index contributed by atoms with van der Waals surface area (Å²) >= 11 is 0. The molecule has 2 aromatic heterocycles. The van der Waals surface area contributed by atoms with E-state index in [-0.39, 0.29) is 5.95 Å². The maximum absolute atomic E-state index is 5.68. The van der Waals surface area contributed by atoms with Crippen molar-refractivity contribution in [3.63, 3.8) is 0 Å². The molecule has 0 amide bonds. The lowest BCUT2D eigenvalue weighted by Crippen LogP contribution is -2.22. The molecule has 0 bridgehead atoms. The molecule has 100 valence electrons. The second kappa shape index (κ2) is 5.99. The highest BCUT2D eigenvalue weighted by atomic mass is 15.2. The van der Waals surface area contributed by atoms with Crippen molar-refractivity contribution in [2.45, 2.75) is 6.42 Å². The number of likely N-dealkylation sites (N-methyl/N-ethyl adjacent to an activating group) is 1. The van der Waals surface area contributed by atoms with Gasteiger partial charge in [-0.25, -0.2) is 0 Å². The van der Waals surface area contributed by atoms with E-state index in [1.807, 2.05) is 36.2 Å². The Bertz CT molecular complexity index is 528. The average Bonchev–Trinajstić information content (AvgIpc) is 2.45. The van der Waals surface area contributed by atoms with Gasteiger partial charge in [0.05, 0.1) is 0 Å². The number of nitrogen functional groups attached to an aromatic ring is 1. The fourth-order valence-electron chi connectivity index (χ4n) is 1.72. The smallest absolute Gasteiger partial charge is 0.223 e. The molecule has 2 heterocycles. The molecule has 3 N–H and O–H groups in total. The van der Waals surface area contributed by atoms with E-state index in [0.717, 1.165) is 24.5 Å².